The fraction of sp³-hybridized carbons (Fsp3) is 0.889. The van der Waals surface area contributed by atoms with Crippen molar-refractivity contribution in [2.75, 3.05) is 6.61 Å². The zero-order valence-electron chi connectivity index (χ0n) is 9.31. The summed E-state index contributed by atoms with van der Waals surface area (Å²) in [5.41, 5.74) is 0.277. The van der Waals surface area contributed by atoms with E-state index in [1.807, 2.05) is 0 Å². The minimum Gasteiger partial charge on any atom is -0.466 e. The van der Waals surface area contributed by atoms with Crippen molar-refractivity contribution in [3.63, 3.8) is 0 Å². The topological polar surface area (TPSA) is 26.3 Å². The van der Waals surface area contributed by atoms with Crippen molar-refractivity contribution in [1.82, 2.24) is 0 Å². The smallest absolute Gasteiger partial charge is 0.306 e. The zero-order valence-corrected chi connectivity index (χ0v) is 11.3. The molecule has 76 valence electrons. The van der Waals surface area contributed by atoms with Crippen LogP contribution in [0.1, 0.15) is 6.42 Å². The number of cyclic esters (lactones) is 1. The molecule has 0 aliphatic carbocycles. The number of carbonyl (C=O) groups excluding carboxylic acids is 1. The summed E-state index contributed by atoms with van der Waals surface area (Å²) in [7, 11) is -2.52. The number of carbonyl (C=O) groups is 1. The molecule has 4 heteroatoms. The van der Waals surface area contributed by atoms with Gasteiger partial charge in [0.2, 0.25) is 0 Å². The number of rotatable bonds is 2. The number of hydrogen-bond donors (Lipinski definition) is 0. The molecule has 0 radical (unpaired) electrons. The first kappa shape index (κ1) is 11.0. The van der Waals surface area contributed by atoms with Crippen LogP contribution in [0.4, 0.5) is 0 Å². The standard InChI is InChI=1S/C9H20O2Si2/c1-12(2,3)13(4,5)8-6-7-11-9(8)10/h8H,6-7H2,1-5H3. The summed E-state index contributed by atoms with van der Waals surface area (Å²) in [4.78, 5) is 11.5. The Labute approximate surface area is 82.5 Å². The summed E-state index contributed by atoms with van der Waals surface area (Å²) >= 11 is 0. The van der Waals surface area contributed by atoms with E-state index in [0.717, 1.165) is 6.42 Å². The van der Waals surface area contributed by atoms with Crippen LogP contribution in [0, 0.1) is 0 Å². The molecule has 13 heavy (non-hydrogen) atoms. The summed E-state index contributed by atoms with van der Waals surface area (Å²) < 4.78 is 5.06. The molecule has 1 aliphatic heterocycles. The summed E-state index contributed by atoms with van der Waals surface area (Å²) in [6.45, 7) is 12.5. The highest BCUT2D eigenvalue weighted by Gasteiger charge is 2.49. The molecule has 1 fully saturated rings. The van der Waals surface area contributed by atoms with Crippen LogP contribution in [-0.4, -0.2) is 27.8 Å². The predicted molar refractivity (Wildman–Crippen MR) is 60.2 cm³/mol. The summed E-state index contributed by atoms with van der Waals surface area (Å²) in [6, 6.07) is 0. The second-order valence-electron chi connectivity index (χ2n) is 5.48. The van der Waals surface area contributed by atoms with E-state index in [9.17, 15) is 4.79 Å². The summed E-state index contributed by atoms with van der Waals surface area (Å²) in [6.07, 6.45) is 0.975. The molecule has 0 saturated carbocycles. The van der Waals surface area contributed by atoms with Crippen molar-refractivity contribution in [1.29, 1.82) is 0 Å². The number of hydrogen-bond acceptors (Lipinski definition) is 2. The highest BCUT2D eigenvalue weighted by molar-refractivity contribution is 7.41. The predicted octanol–water partition coefficient (Wildman–Crippen LogP) is 2.43. The summed E-state index contributed by atoms with van der Waals surface area (Å²) in [5, 5.41) is 0. The maximum atomic E-state index is 11.5. The van der Waals surface area contributed by atoms with Gasteiger partial charge in [-0.1, -0.05) is 32.7 Å². The largest absolute Gasteiger partial charge is 0.466 e. The lowest BCUT2D eigenvalue weighted by molar-refractivity contribution is -0.138. The van der Waals surface area contributed by atoms with Crippen molar-refractivity contribution in [3.05, 3.63) is 0 Å². The van der Waals surface area contributed by atoms with Gasteiger partial charge in [-0.25, -0.2) is 0 Å². The molecular formula is C9H20O2Si2. The van der Waals surface area contributed by atoms with Crippen molar-refractivity contribution in [2.24, 2.45) is 0 Å². The van der Waals surface area contributed by atoms with Crippen LogP contribution in [0.5, 0.6) is 0 Å². The normalized spacial score (nSPS) is 24.7. The van der Waals surface area contributed by atoms with Crippen LogP contribution < -0.4 is 0 Å². The van der Waals surface area contributed by atoms with Gasteiger partial charge in [0.1, 0.15) is 0 Å². The lowest BCUT2D eigenvalue weighted by Gasteiger charge is -2.38. The van der Waals surface area contributed by atoms with E-state index in [0.29, 0.717) is 6.61 Å². The van der Waals surface area contributed by atoms with Gasteiger partial charge in [0.25, 0.3) is 0 Å². The van der Waals surface area contributed by atoms with Crippen LogP contribution in [0.15, 0.2) is 0 Å². The first-order valence-corrected chi connectivity index (χ1v) is 12.5. The molecule has 1 rings (SSSR count). The van der Waals surface area contributed by atoms with E-state index in [1.54, 1.807) is 0 Å². The number of ether oxygens (including phenoxy) is 1. The van der Waals surface area contributed by atoms with Gasteiger partial charge in [-0.2, -0.15) is 0 Å². The van der Waals surface area contributed by atoms with Crippen LogP contribution in [0.2, 0.25) is 38.3 Å². The quantitative estimate of drug-likeness (QED) is 0.523. The Morgan fingerprint density at radius 3 is 2.08 bits per heavy atom. The van der Waals surface area contributed by atoms with Gasteiger partial charge < -0.3 is 4.74 Å². The van der Waals surface area contributed by atoms with Gasteiger partial charge in [0.15, 0.2) is 0 Å². The molecule has 1 aliphatic rings. The third kappa shape index (κ3) is 1.88. The first-order chi connectivity index (χ1) is 5.77. The van der Waals surface area contributed by atoms with Gasteiger partial charge >= 0.3 is 5.97 Å². The van der Waals surface area contributed by atoms with Gasteiger partial charge in [-0.3, -0.25) is 4.79 Å². The molecule has 0 aromatic rings. The Balaban J connectivity index is 2.86. The minimum absolute atomic E-state index is 0.0825. The lowest BCUT2D eigenvalue weighted by Crippen LogP contribution is -2.56. The molecule has 1 atom stereocenters. The highest BCUT2D eigenvalue weighted by atomic mass is 29.3. The van der Waals surface area contributed by atoms with Gasteiger partial charge in [-0.15, -0.1) is 0 Å². The van der Waals surface area contributed by atoms with E-state index in [2.05, 4.69) is 32.7 Å². The van der Waals surface area contributed by atoms with Crippen molar-refractivity contribution >= 4 is 21.2 Å². The Hall–Kier alpha value is -0.0962. The van der Waals surface area contributed by atoms with Crippen LogP contribution in [0.25, 0.3) is 0 Å². The molecule has 2 nitrogen and oxygen atoms in total. The lowest BCUT2D eigenvalue weighted by atomic mass is 10.4. The zero-order chi connectivity index (χ0) is 10.3. The van der Waals surface area contributed by atoms with Gasteiger partial charge in [0, 0.05) is 7.59 Å². The van der Waals surface area contributed by atoms with Gasteiger partial charge in [0.05, 0.1) is 19.7 Å². The SMILES string of the molecule is C[Si](C)(C)[Si](C)(C)C1CCOC1=O. The third-order valence-electron chi connectivity index (χ3n) is 3.74. The second kappa shape index (κ2) is 3.24. The van der Waals surface area contributed by atoms with Crippen LogP contribution in [0.3, 0.4) is 0 Å². The fourth-order valence-corrected chi connectivity index (χ4v) is 8.15. The minimum atomic E-state index is -1.37. The van der Waals surface area contributed by atoms with Crippen molar-refractivity contribution in [3.8, 4) is 0 Å². The van der Waals surface area contributed by atoms with E-state index < -0.39 is 15.2 Å². The highest BCUT2D eigenvalue weighted by Crippen LogP contribution is 2.37. The summed E-state index contributed by atoms with van der Waals surface area (Å²) in [5.74, 6) is 0.0825. The molecule has 0 bridgehead atoms. The average molecular weight is 216 g/mol. The first-order valence-electron chi connectivity index (χ1n) is 4.93. The molecule has 1 saturated heterocycles. The van der Waals surface area contributed by atoms with E-state index in [4.69, 9.17) is 4.74 Å². The maximum absolute atomic E-state index is 11.5. The molecule has 0 spiro atoms. The Morgan fingerprint density at radius 2 is 1.77 bits per heavy atom. The van der Waals surface area contributed by atoms with E-state index >= 15 is 0 Å². The Morgan fingerprint density at radius 1 is 1.23 bits per heavy atom. The fourth-order valence-electron chi connectivity index (χ4n) is 1.67. The Bertz CT molecular complexity index is 218. The van der Waals surface area contributed by atoms with Crippen LogP contribution >= 0.6 is 0 Å². The monoisotopic (exact) mass is 216 g/mol. The molecule has 1 unspecified atom stereocenters. The number of esters is 1. The van der Waals surface area contributed by atoms with Crippen molar-refractivity contribution in [2.45, 2.75) is 44.7 Å². The van der Waals surface area contributed by atoms with Crippen LogP contribution in [-0.2, 0) is 9.53 Å². The van der Waals surface area contributed by atoms with Crippen molar-refractivity contribution < 1.29 is 9.53 Å². The van der Waals surface area contributed by atoms with E-state index in [-0.39, 0.29) is 11.5 Å². The average Bonchev–Trinajstić information content (AvgIpc) is 2.32. The molecule has 0 N–H and O–H groups in total. The molecule has 1 heterocycles. The third-order valence-corrected chi connectivity index (χ3v) is 22.5. The molecule has 0 aromatic heterocycles. The molecular weight excluding hydrogens is 196 g/mol. The Kier molecular flexibility index (Phi) is 2.74. The van der Waals surface area contributed by atoms with E-state index in [1.165, 1.54) is 0 Å². The maximum Gasteiger partial charge on any atom is 0.306 e. The molecule has 0 aromatic carbocycles. The second-order valence-corrected chi connectivity index (χ2v) is 22.5. The van der Waals surface area contributed by atoms with Gasteiger partial charge in [-0.05, 0) is 6.42 Å². The molecule has 0 amide bonds.